The summed E-state index contributed by atoms with van der Waals surface area (Å²) < 4.78 is 5.71. The van der Waals surface area contributed by atoms with Gasteiger partial charge in [-0.3, -0.25) is 9.59 Å². The fourth-order valence-electron chi connectivity index (χ4n) is 5.84. The lowest BCUT2D eigenvalue weighted by atomic mass is 9.76. The van der Waals surface area contributed by atoms with Gasteiger partial charge in [-0.15, -0.1) is 0 Å². The number of amides is 2. The molecule has 4 aromatic rings. The van der Waals surface area contributed by atoms with E-state index in [2.05, 4.69) is 17.1 Å². The van der Waals surface area contributed by atoms with Crippen LogP contribution in [0.5, 0.6) is 5.75 Å². The number of nitrogens with zero attached hydrogens (tertiary/aromatic N) is 2. The number of ether oxygens (including phenoxy) is 1. The lowest BCUT2D eigenvalue weighted by Gasteiger charge is -2.51. The molecular formula is C29H27N3O3. The topological polar surface area (TPSA) is 65.6 Å². The Hall–Kier alpha value is -4.06. The number of carbonyl (C=O) groups excluding carboxylic acids is 2. The quantitative estimate of drug-likeness (QED) is 0.486. The molecule has 0 spiro atoms. The number of nitrogens with one attached hydrogen (secondary N) is 1. The van der Waals surface area contributed by atoms with Crippen LogP contribution in [-0.2, 0) is 21.7 Å². The lowest BCUT2D eigenvalue weighted by molar-refractivity contribution is -0.166. The first-order valence-corrected chi connectivity index (χ1v) is 11.9. The van der Waals surface area contributed by atoms with Crippen LogP contribution in [0.1, 0.15) is 35.2 Å². The number of H-pyrrole nitrogens is 1. The molecule has 2 unspecified atom stereocenters. The van der Waals surface area contributed by atoms with E-state index < -0.39 is 5.54 Å². The highest BCUT2D eigenvalue weighted by molar-refractivity contribution is 6.01. The van der Waals surface area contributed by atoms with Crippen LogP contribution in [0, 0.1) is 0 Å². The Morgan fingerprint density at radius 1 is 0.971 bits per heavy atom. The van der Waals surface area contributed by atoms with Crippen molar-refractivity contribution in [3.05, 3.63) is 101 Å². The molecule has 3 aromatic carbocycles. The Kier molecular flexibility index (Phi) is 4.92. The maximum absolute atomic E-state index is 14.1. The number of piperazine rings is 1. The van der Waals surface area contributed by atoms with Gasteiger partial charge in [0.05, 0.1) is 12.8 Å². The van der Waals surface area contributed by atoms with Crippen molar-refractivity contribution < 1.29 is 14.3 Å². The third-order valence-electron chi connectivity index (χ3n) is 7.55. The van der Waals surface area contributed by atoms with Crippen molar-refractivity contribution >= 4 is 22.7 Å². The molecule has 6 rings (SSSR count). The van der Waals surface area contributed by atoms with E-state index >= 15 is 0 Å². The van der Waals surface area contributed by atoms with Gasteiger partial charge in [-0.05, 0) is 30.2 Å². The van der Waals surface area contributed by atoms with Gasteiger partial charge in [-0.1, -0.05) is 66.7 Å². The fourth-order valence-corrected chi connectivity index (χ4v) is 5.84. The molecule has 6 heteroatoms. The van der Waals surface area contributed by atoms with E-state index in [4.69, 9.17) is 4.74 Å². The number of fused-ring (bicyclic) bond motifs is 5. The van der Waals surface area contributed by atoms with Crippen molar-refractivity contribution in [2.24, 2.45) is 0 Å². The zero-order chi connectivity index (χ0) is 24.2. The largest absolute Gasteiger partial charge is 0.496 e. The van der Waals surface area contributed by atoms with Crippen LogP contribution in [0.3, 0.4) is 0 Å². The van der Waals surface area contributed by atoms with Crippen molar-refractivity contribution in [1.82, 2.24) is 14.8 Å². The number of hydrogen-bond acceptors (Lipinski definition) is 3. The molecule has 3 heterocycles. The Labute approximate surface area is 204 Å². The number of aromatic nitrogens is 1. The minimum absolute atomic E-state index is 0.0489. The monoisotopic (exact) mass is 465 g/mol. The number of benzene rings is 3. The lowest BCUT2D eigenvalue weighted by Crippen LogP contribution is -2.67. The highest BCUT2D eigenvalue weighted by atomic mass is 16.5. The van der Waals surface area contributed by atoms with E-state index in [9.17, 15) is 9.59 Å². The molecule has 2 aliphatic rings. The van der Waals surface area contributed by atoms with Gasteiger partial charge in [-0.2, -0.15) is 0 Å². The van der Waals surface area contributed by atoms with Gasteiger partial charge in [-0.25, -0.2) is 0 Å². The number of aromatic amines is 1. The maximum Gasteiger partial charge on any atom is 0.255 e. The van der Waals surface area contributed by atoms with E-state index in [1.54, 1.807) is 16.9 Å². The molecule has 0 radical (unpaired) electrons. The summed E-state index contributed by atoms with van der Waals surface area (Å²) in [6.45, 7) is 2.77. The molecule has 35 heavy (non-hydrogen) atoms. The van der Waals surface area contributed by atoms with Crippen LogP contribution in [0.25, 0.3) is 10.9 Å². The van der Waals surface area contributed by atoms with Gasteiger partial charge in [0, 0.05) is 35.5 Å². The first kappa shape index (κ1) is 21.5. The molecule has 176 valence electrons. The number of methoxy groups -OCH3 is 1. The Balaban J connectivity index is 1.53. The predicted molar refractivity (Wildman–Crippen MR) is 134 cm³/mol. The van der Waals surface area contributed by atoms with Crippen LogP contribution in [0.2, 0.25) is 0 Å². The smallest absolute Gasteiger partial charge is 0.255 e. The summed E-state index contributed by atoms with van der Waals surface area (Å²) in [6, 6.07) is 25.9. The average Bonchev–Trinajstić information content (AvgIpc) is 3.29. The SMILES string of the molecule is COc1ccccc1C1CN2C(=O)CN(Cc3ccccc3)C(=O)C2(C)c2[nH]c3ccccc3c21. The van der Waals surface area contributed by atoms with Crippen molar-refractivity contribution in [2.75, 3.05) is 20.2 Å². The zero-order valence-electron chi connectivity index (χ0n) is 19.8. The molecule has 1 fully saturated rings. The highest BCUT2D eigenvalue weighted by Gasteiger charge is 2.56. The molecule has 0 aliphatic carbocycles. The van der Waals surface area contributed by atoms with Gasteiger partial charge < -0.3 is 19.5 Å². The first-order chi connectivity index (χ1) is 17.0. The second-order valence-corrected chi connectivity index (χ2v) is 9.48. The number of rotatable bonds is 4. The van der Waals surface area contributed by atoms with E-state index in [0.29, 0.717) is 13.1 Å². The van der Waals surface area contributed by atoms with E-state index in [0.717, 1.165) is 39.0 Å². The molecule has 2 atom stereocenters. The van der Waals surface area contributed by atoms with E-state index in [-0.39, 0.29) is 24.3 Å². The minimum atomic E-state index is -1.11. The summed E-state index contributed by atoms with van der Waals surface area (Å²) in [4.78, 5) is 34.8. The number of hydrogen-bond donors (Lipinski definition) is 1. The number of carbonyl (C=O) groups is 2. The third-order valence-corrected chi connectivity index (χ3v) is 7.55. The second-order valence-electron chi connectivity index (χ2n) is 9.48. The molecule has 1 N–H and O–H groups in total. The second kappa shape index (κ2) is 8.01. The van der Waals surface area contributed by atoms with E-state index in [1.807, 2.05) is 73.7 Å². The van der Waals surface area contributed by atoms with Crippen LogP contribution in [-0.4, -0.2) is 46.8 Å². The van der Waals surface area contributed by atoms with Gasteiger partial charge in [0.25, 0.3) is 5.91 Å². The van der Waals surface area contributed by atoms with E-state index in [1.165, 1.54) is 0 Å². The van der Waals surface area contributed by atoms with Crippen LogP contribution >= 0.6 is 0 Å². The summed E-state index contributed by atoms with van der Waals surface area (Å²) in [7, 11) is 1.67. The predicted octanol–water partition coefficient (Wildman–Crippen LogP) is 4.41. The van der Waals surface area contributed by atoms with Crippen molar-refractivity contribution in [1.29, 1.82) is 0 Å². The van der Waals surface area contributed by atoms with Crippen LogP contribution < -0.4 is 4.74 Å². The van der Waals surface area contributed by atoms with Gasteiger partial charge >= 0.3 is 0 Å². The highest BCUT2D eigenvalue weighted by Crippen LogP contribution is 2.49. The first-order valence-electron chi connectivity index (χ1n) is 11.9. The van der Waals surface area contributed by atoms with Crippen molar-refractivity contribution in [3.63, 3.8) is 0 Å². The van der Waals surface area contributed by atoms with Crippen molar-refractivity contribution in [2.45, 2.75) is 24.9 Å². The average molecular weight is 466 g/mol. The molecule has 0 bridgehead atoms. The normalized spacial score (nSPS) is 21.7. The zero-order valence-corrected chi connectivity index (χ0v) is 19.8. The fraction of sp³-hybridized carbons (Fsp3) is 0.241. The van der Waals surface area contributed by atoms with Crippen molar-refractivity contribution in [3.8, 4) is 5.75 Å². The summed E-state index contributed by atoms with van der Waals surface area (Å²) in [5, 5.41) is 1.07. The van der Waals surface area contributed by atoms with Crippen LogP contribution in [0.15, 0.2) is 78.9 Å². The molecule has 6 nitrogen and oxygen atoms in total. The summed E-state index contributed by atoms with van der Waals surface area (Å²) in [6.07, 6.45) is 0. The van der Waals surface area contributed by atoms with Gasteiger partial charge in [0.1, 0.15) is 12.3 Å². The summed E-state index contributed by atoms with van der Waals surface area (Å²) >= 11 is 0. The van der Waals surface area contributed by atoms with Gasteiger partial charge in [0.15, 0.2) is 5.54 Å². The van der Waals surface area contributed by atoms with Gasteiger partial charge in [0.2, 0.25) is 5.91 Å². The maximum atomic E-state index is 14.1. The molecule has 2 amide bonds. The summed E-state index contributed by atoms with van der Waals surface area (Å²) in [5.74, 6) is 0.543. The standard InChI is InChI=1S/C29H27N3O3/c1-29-27-26(21-13-6-8-14-23(21)30-27)22(20-12-7-9-15-24(20)35-2)17-32(29)25(33)18-31(28(29)34)16-19-10-4-3-5-11-19/h3-15,22,30H,16-18H2,1-2H3. The Morgan fingerprint density at radius 3 is 2.49 bits per heavy atom. The minimum Gasteiger partial charge on any atom is -0.496 e. The molecule has 0 saturated carbocycles. The van der Waals surface area contributed by atoms with Crippen LogP contribution in [0.4, 0.5) is 0 Å². The number of para-hydroxylation sites is 2. The third kappa shape index (κ3) is 3.16. The molecular weight excluding hydrogens is 438 g/mol. The Bertz CT molecular complexity index is 1440. The molecule has 1 aromatic heterocycles. The molecule has 2 aliphatic heterocycles. The molecule has 1 saturated heterocycles. The Morgan fingerprint density at radius 2 is 1.69 bits per heavy atom. The summed E-state index contributed by atoms with van der Waals surface area (Å²) in [5.41, 5.74) is 3.71.